The molecule has 3 heterocycles. The fourth-order valence-electron chi connectivity index (χ4n) is 3.49. The lowest BCUT2D eigenvalue weighted by molar-refractivity contribution is 0.144. The first kappa shape index (κ1) is 19.5. The first-order chi connectivity index (χ1) is 14.2. The van der Waals surface area contributed by atoms with E-state index in [-0.39, 0.29) is 11.9 Å². The van der Waals surface area contributed by atoms with Gasteiger partial charge in [-0.2, -0.15) is 4.98 Å². The van der Waals surface area contributed by atoms with Gasteiger partial charge < -0.3 is 14.0 Å². The molecule has 7 nitrogen and oxygen atoms in total. The van der Waals surface area contributed by atoms with Gasteiger partial charge in [0.1, 0.15) is 12.4 Å². The predicted octanol–water partition coefficient (Wildman–Crippen LogP) is 3.63. The minimum atomic E-state index is -0.192. The van der Waals surface area contributed by atoms with Crippen molar-refractivity contribution in [1.29, 1.82) is 0 Å². The molecule has 0 aliphatic carbocycles. The van der Waals surface area contributed by atoms with E-state index in [9.17, 15) is 4.39 Å². The van der Waals surface area contributed by atoms with Gasteiger partial charge in [-0.25, -0.2) is 9.37 Å². The van der Waals surface area contributed by atoms with Crippen molar-refractivity contribution in [2.45, 2.75) is 25.4 Å². The van der Waals surface area contributed by atoms with E-state index in [2.05, 4.69) is 20.0 Å². The standard InChI is InChI=1S/C21H23FN4O3/c1-27-11-12-28-19-13-15(8-9-23-19)20-24-21(29-25-20)18-7-4-10-26(18)14-16-5-2-3-6-17(16)22/h2-3,5-6,8-9,13,18H,4,7,10-12,14H2,1H3. The summed E-state index contributed by atoms with van der Waals surface area (Å²) in [6.07, 6.45) is 3.55. The summed E-state index contributed by atoms with van der Waals surface area (Å²) in [5.74, 6) is 1.32. The second kappa shape index (κ2) is 9.11. The fourth-order valence-corrected chi connectivity index (χ4v) is 3.49. The van der Waals surface area contributed by atoms with Crippen molar-refractivity contribution in [1.82, 2.24) is 20.0 Å². The topological polar surface area (TPSA) is 73.5 Å². The number of likely N-dealkylation sites (tertiary alicyclic amines) is 1. The van der Waals surface area contributed by atoms with Crippen LogP contribution in [-0.2, 0) is 11.3 Å². The van der Waals surface area contributed by atoms with E-state index in [0.29, 0.717) is 42.9 Å². The summed E-state index contributed by atoms with van der Waals surface area (Å²) < 4.78 is 30.1. The van der Waals surface area contributed by atoms with Gasteiger partial charge in [-0.3, -0.25) is 4.90 Å². The summed E-state index contributed by atoms with van der Waals surface area (Å²) in [4.78, 5) is 11.0. The maximum Gasteiger partial charge on any atom is 0.244 e. The molecule has 3 aromatic rings. The normalized spacial score (nSPS) is 17.0. The Bertz CT molecular complexity index is 949. The van der Waals surface area contributed by atoms with Crippen LogP contribution in [0.2, 0.25) is 0 Å². The zero-order valence-electron chi connectivity index (χ0n) is 16.3. The molecule has 1 unspecified atom stereocenters. The smallest absolute Gasteiger partial charge is 0.244 e. The average molecular weight is 398 g/mol. The Morgan fingerprint density at radius 1 is 1.24 bits per heavy atom. The molecule has 29 heavy (non-hydrogen) atoms. The Morgan fingerprint density at radius 3 is 3.00 bits per heavy atom. The lowest BCUT2D eigenvalue weighted by Crippen LogP contribution is -2.23. The highest BCUT2D eigenvalue weighted by Crippen LogP contribution is 2.33. The summed E-state index contributed by atoms with van der Waals surface area (Å²) in [5.41, 5.74) is 1.44. The molecule has 0 amide bonds. The summed E-state index contributed by atoms with van der Waals surface area (Å²) in [6.45, 7) is 2.28. The second-order valence-corrected chi connectivity index (χ2v) is 6.90. The molecule has 8 heteroatoms. The van der Waals surface area contributed by atoms with Crippen molar-refractivity contribution in [2.24, 2.45) is 0 Å². The van der Waals surface area contributed by atoms with Gasteiger partial charge in [0, 0.05) is 37.0 Å². The van der Waals surface area contributed by atoms with Crippen LogP contribution in [0.4, 0.5) is 4.39 Å². The van der Waals surface area contributed by atoms with Crippen LogP contribution in [0.5, 0.6) is 5.88 Å². The van der Waals surface area contributed by atoms with E-state index in [0.717, 1.165) is 24.9 Å². The number of aromatic nitrogens is 3. The number of ether oxygens (including phenoxy) is 2. The summed E-state index contributed by atoms with van der Waals surface area (Å²) in [6, 6.07) is 10.4. The summed E-state index contributed by atoms with van der Waals surface area (Å²) in [7, 11) is 1.62. The number of pyridine rings is 1. The molecular formula is C21H23FN4O3. The number of benzene rings is 1. The zero-order valence-corrected chi connectivity index (χ0v) is 16.3. The van der Waals surface area contributed by atoms with E-state index < -0.39 is 0 Å². The molecule has 1 aromatic carbocycles. The molecule has 1 saturated heterocycles. The molecule has 4 rings (SSSR count). The summed E-state index contributed by atoms with van der Waals surface area (Å²) in [5, 5.41) is 4.13. The van der Waals surface area contributed by atoms with E-state index in [1.807, 2.05) is 18.2 Å². The van der Waals surface area contributed by atoms with Crippen molar-refractivity contribution in [3.63, 3.8) is 0 Å². The fraction of sp³-hybridized carbons (Fsp3) is 0.381. The first-order valence-electron chi connectivity index (χ1n) is 9.64. The van der Waals surface area contributed by atoms with Gasteiger partial charge in [0.15, 0.2) is 0 Å². The molecule has 0 bridgehead atoms. The number of methoxy groups -OCH3 is 1. The maximum atomic E-state index is 14.0. The minimum Gasteiger partial charge on any atom is -0.475 e. The quantitative estimate of drug-likeness (QED) is 0.537. The first-order valence-corrected chi connectivity index (χ1v) is 9.64. The predicted molar refractivity (Wildman–Crippen MR) is 104 cm³/mol. The van der Waals surface area contributed by atoms with Gasteiger partial charge in [-0.1, -0.05) is 23.4 Å². The average Bonchev–Trinajstić information content (AvgIpc) is 3.40. The van der Waals surface area contributed by atoms with Gasteiger partial charge >= 0.3 is 0 Å². The monoisotopic (exact) mass is 398 g/mol. The molecule has 1 aliphatic rings. The van der Waals surface area contributed by atoms with Crippen LogP contribution in [-0.4, -0.2) is 46.9 Å². The largest absolute Gasteiger partial charge is 0.475 e. The van der Waals surface area contributed by atoms with Crippen LogP contribution in [0.3, 0.4) is 0 Å². The Morgan fingerprint density at radius 2 is 2.14 bits per heavy atom. The number of halogens is 1. The lowest BCUT2D eigenvalue weighted by Gasteiger charge is -2.21. The third-order valence-electron chi connectivity index (χ3n) is 4.95. The molecule has 152 valence electrons. The third kappa shape index (κ3) is 4.60. The Labute approximate surface area is 168 Å². The van der Waals surface area contributed by atoms with E-state index in [1.54, 1.807) is 25.4 Å². The molecule has 2 aromatic heterocycles. The van der Waals surface area contributed by atoms with Crippen LogP contribution < -0.4 is 4.74 Å². The highest BCUT2D eigenvalue weighted by atomic mass is 19.1. The Hall–Kier alpha value is -2.84. The van der Waals surface area contributed by atoms with Crippen molar-refractivity contribution in [2.75, 3.05) is 26.9 Å². The summed E-state index contributed by atoms with van der Waals surface area (Å²) >= 11 is 0. The van der Waals surface area contributed by atoms with Crippen LogP contribution in [0.1, 0.15) is 30.3 Å². The number of hydrogen-bond donors (Lipinski definition) is 0. The molecule has 1 atom stereocenters. The second-order valence-electron chi connectivity index (χ2n) is 6.90. The van der Waals surface area contributed by atoms with Gasteiger partial charge in [0.25, 0.3) is 0 Å². The van der Waals surface area contributed by atoms with Crippen LogP contribution >= 0.6 is 0 Å². The van der Waals surface area contributed by atoms with Crippen LogP contribution in [0.25, 0.3) is 11.4 Å². The minimum absolute atomic E-state index is 0.0184. The zero-order chi connectivity index (χ0) is 20.1. The van der Waals surface area contributed by atoms with Crippen molar-refractivity contribution >= 4 is 0 Å². The number of nitrogens with zero attached hydrogens (tertiary/aromatic N) is 4. The van der Waals surface area contributed by atoms with E-state index in [1.165, 1.54) is 6.07 Å². The van der Waals surface area contributed by atoms with E-state index in [4.69, 9.17) is 14.0 Å². The SMILES string of the molecule is COCCOc1cc(-c2noc(C3CCCN3Cc3ccccc3F)n2)ccn1. The Balaban J connectivity index is 1.48. The highest BCUT2D eigenvalue weighted by Gasteiger charge is 2.31. The number of hydrogen-bond acceptors (Lipinski definition) is 7. The molecule has 1 fully saturated rings. The van der Waals surface area contributed by atoms with Gasteiger partial charge in [0.05, 0.1) is 12.6 Å². The molecule has 0 radical (unpaired) electrons. The van der Waals surface area contributed by atoms with E-state index >= 15 is 0 Å². The Kier molecular flexibility index (Phi) is 6.12. The number of rotatable bonds is 8. The molecule has 0 spiro atoms. The van der Waals surface area contributed by atoms with Gasteiger partial charge in [-0.05, 0) is 31.5 Å². The molecule has 0 N–H and O–H groups in total. The van der Waals surface area contributed by atoms with Crippen molar-refractivity contribution in [3.8, 4) is 17.3 Å². The van der Waals surface area contributed by atoms with Crippen molar-refractivity contribution in [3.05, 3.63) is 59.9 Å². The van der Waals surface area contributed by atoms with Gasteiger partial charge in [-0.15, -0.1) is 0 Å². The van der Waals surface area contributed by atoms with Crippen LogP contribution in [0, 0.1) is 5.82 Å². The third-order valence-corrected chi connectivity index (χ3v) is 4.95. The molecular weight excluding hydrogens is 375 g/mol. The highest BCUT2D eigenvalue weighted by molar-refractivity contribution is 5.55. The lowest BCUT2D eigenvalue weighted by atomic mass is 10.1. The van der Waals surface area contributed by atoms with Gasteiger partial charge in [0.2, 0.25) is 17.6 Å². The molecule has 0 saturated carbocycles. The van der Waals surface area contributed by atoms with Crippen LogP contribution in [0.15, 0.2) is 47.1 Å². The van der Waals surface area contributed by atoms with Crippen molar-refractivity contribution < 1.29 is 18.4 Å². The maximum absolute atomic E-state index is 14.0. The molecule has 1 aliphatic heterocycles.